The first-order valence-corrected chi connectivity index (χ1v) is 8.94. The number of para-hydroxylation sites is 1. The summed E-state index contributed by atoms with van der Waals surface area (Å²) >= 11 is 1.24. The minimum Gasteiger partial charge on any atom is -0.395 e. The summed E-state index contributed by atoms with van der Waals surface area (Å²) in [5.74, 6) is 0.188. The number of amides is 1. The van der Waals surface area contributed by atoms with Gasteiger partial charge in [-0.15, -0.1) is 10.2 Å². The number of hydrogen-bond donors (Lipinski definition) is 2. The molecule has 0 radical (unpaired) electrons. The lowest BCUT2D eigenvalue weighted by atomic mass is 10.2. The molecule has 0 unspecified atom stereocenters. The SMILES string of the molecule is O=C(CSc1nnc(-c2ccc(F)cc2)n1-c1ccccc1)NCCO. The van der Waals surface area contributed by atoms with E-state index in [1.807, 2.05) is 34.9 Å². The third-order valence-electron chi connectivity index (χ3n) is 3.52. The number of thioether (sulfide) groups is 1. The Labute approximate surface area is 154 Å². The Hall–Kier alpha value is -2.71. The van der Waals surface area contributed by atoms with Crippen molar-refractivity contribution in [1.29, 1.82) is 0 Å². The molecule has 0 aliphatic rings. The fourth-order valence-corrected chi connectivity index (χ4v) is 3.12. The molecular weight excluding hydrogens is 355 g/mol. The molecule has 0 fully saturated rings. The van der Waals surface area contributed by atoms with E-state index in [1.165, 1.54) is 23.9 Å². The minimum absolute atomic E-state index is 0.106. The van der Waals surface area contributed by atoms with Gasteiger partial charge in [0, 0.05) is 17.8 Å². The Morgan fingerprint density at radius 3 is 2.54 bits per heavy atom. The van der Waals surface area contributed by atoms with Crippen LogP contribution in [0.1, 0.15) is 0 Å². The summed E-state index contributed by atoms with van der Waals surface area (Å²) in [6, 6.07) is 15.5. The largest absolute Gasteiger partial charge is 0.395 e. The molecule has 0 saturated heterocycles. The van der Waals surface area contributed by atoms with Gasteiger partial charge < -0.3 is 10.4 Å². The first kappa shape index (κ1) is 18.1. The van der Waals surface area contributed by atoms with Crippen molar-refractivity contribution in [1.82, 2.24) is 20.1 Å². The van der Waals surface area contributed by atoms with Gasteiger partial charge in [0.2, 0.25) is 5.91 Å². The third kappa shape index (κ3) is 4.27. The lowest BCUT2D eigenvalue weighted by Crippen LogP contribution is -2.28. The zero-order valence-electron chi connectivity index (χ0n) is 13.8. The molecule has 2 aromatic carbocycles. The Balaban J connectivity index is 1.92. The molecule has 26 heavy (non-hydrogen) atoms. The topological polar surface area (TPSA) is 80.0 Å². The fourth-order valence-electron chi connectivity index (χ4n) is 2.34. The summed E-state index contributed by atoms with van der Waals surface area (Å²) in [5, 5.41) is 20.3. The van der Waals surface area contributed by atoms with E-state index in [-0.39, 0.29) is 30.6 Å². The number of nitrogens with one attached hydrogen (secondary N) is 1. The molecule has 0 saturated carbocycles. The number of aliphatic hydroxyl groups is 1. The van der Waals surface area contributed by atoms with Gasteiger partial charge in [0.25, 0.3) is 0 Å². The van der Waals surface area contributed by atoms with E-state index < -0.39 is 0 Å². The van der Waals surface area contributed by atoms with Crippen LogP contribution in [-0.4, -0.2) is 44.7 Å². The third-order valence-corrected chi connectivity index (χ3v) is 4.45. The first-order valence-electron chi connectivity index (χ1n) is 7.96. The number of halogens is 1. The highest BCUT2D eigenvalue weighted by atomic mass is 32.2. The van der Waals surface area contributed by atoms with Crippen LogP contribution >= 0.6 is 11.8 Å². The van der Waals surface area contributed by atoms with Gasteiger partial charge in [-0.1, -0.05) is 30.0 Å². The molecule has 0 aliphatic carbocycles. The van der Waals surface area contributed by atoms with Crippen LogP contribution in [0, 0.1) is 5.82 Å². The first-order chi connectivity index (χ1) is 12.7. The smallest absolute Gasteiger partial charge is 0.230 e. The highest BCUT2D eigenvalue weighted by molar-refractivity contribution is 7.99. The molecular formula is C18H17FN4O2S. The Kier molecular flexibility index (Phi) is 5.98. The van der Waals surface area contributed by atoms with E-state index in [0.29, 0.717) is 11.0 Å². The molecule has 3 aromatic rings. The number of benzene rings is 2. The molecule has 0 bridgehead atoms. The number of aliphatic hydroxyl groups excluding tert-OH is 1. The molecule has 0 spiro atoms. The lowest BCUT2D eigenvalue weighted by Gasteiger charge is -2.10. The van der Waals surface area contributed by atoms with Gasteiger partial charge in [-0.3, -0.25) is 9.36 Å². The number of nitrogens with zero attached hydrogens (tertiary/aromatic N) is 3. The number of hydrogen-bond acceptors (Lipinski definition) is 5. The fraction of sp³-hybridized carbons (Fsp3) is 0.167. The second-order valence-electron chi connectivity index (χ2n) is 5.35. The van der Waals surface area contributed by atoms with Gasteiger partial charge in [0.1, 0.15) is 5.82 Å². The highest BCUT2D eigenvalue weighted by Gasteiger charge is 2.17. The van der Waals surface area contributed by atoms with Gasteiger partial charge in [0.05, 0.1) is 12.4 Å². The van der Waals surface area contributed by atoms with E-state index in [4.69, 9.17) is 5.11 Å². The predicted molar refractivity (Wildman–Crippen MR) is 97.6 cm³/mol. The average molecular weight is 372 g/mol. The zero-order valence-corrected chi connectivity index (χ0v) is 14.6. The van der Waals surface area contributed by atoms with Crippen LogP contribution in [0.3, 0.4) is 0 Å². The van der Waals surface area contributed by atoms with Crippen molar-refractivity contribution in [3.8, 4) is 17.1 Å². The van der Waals surface area contributed by atoms with Gasteiger partial charge in [0.15, 0.2) is 11.0 Å². The number of rotatable bonds is 7. The maximum Gasteiger partial charge on any atom is 0.230 e. The van der Waals surface area contributed by atoms with Gasteiger partial charge in [-0.2, -0.15) is 0 Å². The van der Waals surface area contributed by atoms with Crippen molar-refractivity contribution < 1.29 is 14.3 Å². The predicted octanol–water partition coefficient (Wildman–Crippen LogP) is 2.27. The summed E-state index contributed by atoms with van der Waals surface area (Å²) < 4.78 is 15.1. The van der Waals surface area contributed by atoms with Gasteiger partial charge >= 0.3 is 0 Å². The van der Waals surface area contributed by atoms with Crippen molar-refractivity contribution in [2.75, 3.05) is 18.9 Å². The van der Waals surface area contributed by atoms with Crippen molar-refractivity contribution in [2.45, 2.75) is 5.16 Å². The highest BCUT2D eigenvalue weighted by Crippen LogP contribution is 2.27. The second-order valence-corrected chi connectivity index (χ2v) is 6.29. The average Bonchev–Trinajstić information content (AvgIpc) is 3.10. The van der Waals surface area contributed by atoms with Crippen LogP contribution in [0.4, 0.5) is 4.39 Å². The molecule has 0 atom stereocenters. The zero-order chi connectivity index (χ0) is 18.4. The van der Waals surface area contributed by atoms with Crippen LogP contribution in [0.15, 0.2) is 59.8 Å². The molecule has 2 N–H and O–H groups in total. The van der Waals surface area contributed by atoms with Crippen LogP contribution in [0.5, 0.6) is 0 Å². The quantitative estimate of drug-likeness (QED) is 0.622. The van der Waals surface area contributed by atoms with Crippen LogP contribution in [0.2, 0.25) is 0 Å². The van der Waals surface area contributed by atoms with Gasteiger partial charge in [-0.05, 0) is 36.4 Å². The van der Waals surface area contributed by atoms with Crippen LogP contribution in [-0.2, 0) is 4.79 Å². The van der Waals surface area contributed by atoms with Crippen LogP contribution < -0.4 is 5.32 Å². The molecule has 1 amide bonds. The molecule has 0 aliphatic heterocycles. The monoisotopic (exact) mass is 372 g/mol. The van der Waals surface area contributed by atoms with Crippen molar-refractivity contribution in [3.05, 3.63) is 60.4 Å². The lowest BCUT2D eigenvalue weighted by molar-refractivity contribution is -0.118. The minimum atomic E-state index is -0.324. The van der Waals surface area contributed by atoms with Crippen molar-refractivity contribution in [3.63, 3.8) is 0 Å². The summed E-state index contributed by atoms with van der Waals surface area (Å²) in [5.41, 5.74) is 1.56. The van der Waals surface area contributed by atoms with Crippen LogP contribution in [0.25, 0.3) is 17.1 Å². The van der Waals surface area contributed by atoms with Crippen molar-refractivity contribution >= 4 is 17.7 Å². The van der Waals surface area contributed by atoms with E-state index in [9.17, 15) is 9.18 Å². The normalized spacial score (nSPS) is 10.7. The molecule has 8 heteroatoms. The molecule has 1 aromatic heterocycles. The summed E-state index contributed by atoms with van der Waals surface area (Å²) in [4.78, 5) is 11.8. The Morgan fingerprint density at radius 2 is 1.85 bits per heavy atom. The Bertz CT molecular complexity index is 869. The van der Waals surface area contributed by atoms with E-state index in [0.717, 1.165) is 11.3 Å². The molecule has 6 nitrogen and oxygen atoms in total. The number of carbonyl (C=O) groups excluding carboxylic acids is 1. The molecule has 1 heterocycles. The van der Waals surface area contributed by atoms with Gasteiger partial charge in [-0.25, -0.2) is 4.39 Å². The summed E-state index contributed by atoms with van der Waals surface area (Å²) in [6.45, 7) is 0.108. The number of carbonyl (C=O) groups is 1. The summed E-state index contributed by atoms with van der Waals surface area (Å²) in [6.07, 6.45) is 0. The van der Waals surface area contributed by atoms with E-state index in [2.05, 4.69) is 15.5 Å². The number of aromatic nitrogens is 3. The van der Waals surface area contributed by atoms with Crippen molar-refractivity contribution in [2.24, 2.45) is 0 Å². The maximum absolute atomic E-state index is 13.2. The maximum atomic E-state index is 13.2. The standard InChI is InChI=1S/C18H17FN4O2S/c19-14-8-6-13(7-9-14)17-21-22-18(26-12-16(25)20-10-11-24)23(17)15-4-2-1-3-5-15/h1-9,24H,10-12H2,(H,20,25). The van der Waals surface area contributed by atoms with E-state index >= 15 is 0 Å². The Morgan fingerprint density at radius 1 is 1.12 bits per heavy atom. The second kappa shape index (κ2) is 8.59. The summed E-state index contributed by atoms with van der Waals surface area (Å²) in [7, 11) is 0. The molecule has 134 valence electrons. The molecule has 3 rings (SSSR count). The van der Waals surface area contributed by atoms with E-state index in [1.54, 1.807) is 12.1 Å².